The van der Waals surface area contributed by atoms with E-state index < -0.39 is 5.44 Å². The van der Waals surface area contributed by atoms with E-state index in [1.54, 1.807) is 14.2 Å². The van der Waals surface area contributed by atoms with Crippen molar-refractivity contribution in [3.8, 4) is 11.5 Å². The molecule has 0 radical (unpaired) electrons. The van der Waals surface area contributed by atoms with Crippen LogP contribution in [-0.2, 0) is 6.42 Å². The van der Waals surface area contributed by atoms with E-state index in [-0.39, 0.29) is 6.04 Å². The molecule has 0 saturated heterocycles. The molecule has 0 aromatic heterocycles. The van der Waals surface area contributed by atoms with E-state index in [9.17, 15) is 5.11 Å². The van der Waals surface area contributed by atoms with E-state index in [0.29, 0.717) is 6.42 Å². The van der Waals surface area contributed by atoms with E-state index in [4.69, 9.17) is 9.47 Å². The molecule has 0 aliphatic carbocycles. The van der Waals surface area contributed by atoms with Gasteiger partial charge in [-0.15, -0.1) is 12.6 Å². The minimum absolute atomic E-state index is 0.174. The molecular weight excluding hydrogens is 322 g/mol. The van der Waals surface area contributed by atoms with Crippen LogP contribution in [-0.4, -0.2) is 42.8 Å². The summed E-state index contributed by atoms with van der Waals surface area (Å²) in [5, 5.41) is 9.87. The Labute approximate surface area is 151 Å². The van der Waals surface area contributed by atoms with E-state index in [1.165, 1.54) is 24.0 Å². The molecule has 2 rings (SSSR count). The fraction of sp³-hybridized carbons (Fsp3) is 0.684. The summed E-state index contributed by atoms with van der Waals surface area (Å²) < 4.78 is 10.9. The maximum atomic E-state index is 9.87. The second kappa shape index (κ2) is 8.97. The number of benzene rings is 1. The lowest BCUT2D eigenvalue weighted by Gasteiger charge is -2.38. The highest BCUT2D eigenvalue weighted by atomic mass is 32.1. The number of rotatable bonds is 8. The number of fused-ring (bicyclic) bond motifs is 1. The number of ether oxygens (including phenoxy) is 2. The third-order valence-corrected chi connectivity index (χ3v) is 4.99. The van der Waals surface area contributed by atoms with Crippen molar-refractivity contribution in [2.75, 3.05) is 27.3 Å². The maximum absolute atomic E-state index is 9.87. The lowest BCUT2D eigenvalue weighted by atomic mass is 9.89. The minimum atomic E-state index is -0.623. The lowest BCUT2D eigenvalue weighted by Crippen LogP contribution is -2.37. The molecule has 0 saturated carbocycles. The molecule has 1 heterocycles. The number of methoxy groups -OCH3 is 2. The molecule has 0 bridgehead atoms. The van der Waals surface area contributed by atoms with Crippen LogP contribution in [0.1, 0.15) is 50.3 Å². The van der Waals surface area contributed by atoms with E-state index in [1.807, 2.05) is 0 Å². The van der Waals surface area contributed by atoms with Crippen molar-refractivity contribution in [2.24, 2.45) is 5.92 Å². The first-order valence-electron chi connectivity index (χ1n) is 8.81. The Morgan fingerprint density at radius 2 is 1.92 bits per heavy atom. The third-order valence-electron chi connectivity index (χ3n) is 4.77. The van der Waals surface area contributed by atoms with Crippen molar-refractivity contribution in [2.45, 2.75) is 51.0 Å². The van der Waals surface area contributed by atoms with Crippen molar-refractivity contribution in [1.29, 1.82) is 0 Å². The molecule has 2 unspecified atom stereocenters. The van der Waals surface area contributed by atoms with Crippen LogP contribution in [0.3, 0.4) is 0 Å². The molecule has 4 nitrogen and oxygen atoms in total. The fourth-order valence-electron chi connectivity index (χ4n) is 3.53. The normalized spacial score (nSPS) is 19.2. The number of hydrogen-bond acceptors (Lipinski definition) is 5. The number of aliphatic hydroxyl groups is 1. The first-order valence-corrected chi connectivity index (χ1v) is 9.32. The van der Waals surface area contributed by atoms with Crippen molar-refractivity contribution in [1.82, 2.24) is 4.90 Å². The average molecular weight is 354 g/mol. The Morgan fingerprint density at radius 1 is 1.25 bits per heavy atom. The van der Waals surface area contributed by atoms with E-state index in [2.05, 4.69) is 43.5 Å². The molecule has 24 heavy (non-hydrogen) atoms. The molecule has 0 spiro atoms. The van der Waals surface area contributed by atoms with Gasteiger partial charge in [0.05, 0.1) is 19.7 Å². The molecule has 136 valence electrons. The highest BCUT2D eigenvalue weighted by Gasteiger charge is 2.29. The van der Waals surface area contributed by atoms with Crippen LogP contribution in [0.2, 0.25) is 0 Å². The summed E-state index contributed by atoms with van der Waals surface area (Å²) in [6.45, 7) is 6.58. The molecule has 1 aromatic rings. The highest BCUT2D eigenvalue weighted by Crippen LogP contribution is 2.40. The summed E-state index contributed by atoms with van der Waals surface area (Å²) in [4.78, 5) is 2.48. The lowest BCUT2D eigenvalue weighted by molar-refractivity contribution is 0.132. The maximum Gasteiger partial charge on any atom is 0.161 e. The smallest absolute Gasteiger partial charge is 0.161 e. The summed E-state index contributed by atoms with van der Waals surface area (Å²) in [5.41, 5.74) is 1.89. The summed E-state index contributed by atoms with van der Waals surface area (Å²) in [7, 11) is 3.33. The zero-order valence-electron chi connectivity index (χ0n) is 15.3. The summed E-state index contributed by atoms with van der Waals surface area (Å²) >= 11 is 4.22. The van der Waals surface area contributed by atoms with Crippen molar-refractivity contribution in [3.63, 3.8) is 0 Å². The average Bonchev–Trinajstić information content (AvgIpc) is 2.54. The Hall–Kier alpha value is -0.910. The third kappa shape index (κ3) is 4.80. The molecule has 1 aromatic carbocycles. The molecule has 0 amide bonds. The SMILES string of the molecule is COc1cc2c(cc1OC)C(CC(O)S)N(CCCC(C)C)CC2. The Bertz CT molecular complexity index is 534. The van der Waals surface area contributed by atoms with E-state index >= 15 is 0 Å². The number of hydrogen-bond donors (Lipinski definition) is 2. The van der Waals surface area contributed by atoms with Gasteiger partial charge in [0, 0.05) is 19.0 Å². The second-order valence-corrected chi connectivity index (χ2v) is 7.56. The van der Waals surface area contributed by atoms with Crippen LogP contribution in [0.25, 0.3) is 0 Å². The summed E-state index contributed by atoms with van der Waals surface area (Å²) in [6.07, 6.45) is 4.02. The molecule has 1 aliphatic heterocycles. The van der Waals surface area contributed by atoms with Crippen molar-refractivity contribution < 1.29 is 14.6 Å². The van der Waals surface area contributed by atoms with Gasteiger partial charge in [-0.25, -0.2) is 0 Å². The van der Waals surface area contributed by atoms with Crippen molar-refractivity contribution in [3.05, 3.63) is 23.3 Å². The van der Waals surface area contributed by atoms with Crippen LogP contribution in [0.5, 0.6) is 11.5 Å². The molecule has 2 atom stereocenters. The van der Waals surface area contributed by atoms with Crippen LogP contribution < -0.4 is 9.47 Å². The zero-order chi connectivity index (χ0) is 17.7. The monoisotopic (exact) mass is 353 g/mol. The van der Waals surface area contributed by atoms with Gasteiger partial charge >= 0.3 is 0 Å². The number of nitrogens with zero attached hydrogens (tertiary/aromatic N) is 1. The van der Waals surface area contributed by atoms with Gasteiger partial charge in [0.25, 0.3) is 0 Å². The number of aliphatic hydroxyl groups excluding tert-OH is 1. The highest BCUT2D eigenvalue weighted by molar-refractivity contribution is 7.80. The summed E-state index contributed by atoms with van der Waals surface area (Å²) in [6, 6.07) is 4.33. The van der Waals surface area contributed by atoms with Gasteiger partial charge in [-0.05, 0) is 55.0 Å². The number of thiol groups is 1. The molecular formula is C19H31NO3S. The first-order chi connectivity index (χ1) is 11.5. The topological polar surface area (TPSA) is 41.9 Å². The van der Waals surface area contributed by atoms with Crippen LogP contribution in [0, 0.1) is 5.92 Å². The largest absolute Gasteiger partial charge is 0.493 e. The van der Waals surface area contributed by atoms with Crippen LogP contribution in [0.15, 0.2) is 12.1 Å². The molecule has 1 aliphatic rings. The zero-order valence-corrected chi connectivity index (χ0v) is 16.2. The van der Waals surface area contributed by atoms with Crippen LogP contribution in [0.4, 0.5) is 0 Å². The van der Waals surface area contributed by atoms with Crippen molar-refractivity contribution >= 4 is 12.6 Å². The Balaban J connectivity index is 2.26. The van der Waals surface area contributed by atoms with Gasteiger partial charge in [0.15, 0.2) is 11.5 Å². The van der Waals surface area contributed by atoms with Gasteiger partial charge in [-0.3, -0.25) is 4.90 Å². The van der Waals surface area contributed by atoms with Gasteiger partial charge in [0.1, 0.15) is 0 Å². The molecule has 5 heteroatoms. The summed E-state index contributed by atoms with van der Waals surface area (Å²) in [5.74, 6) is 2.24. The van der Waals surface area contributed by atoms with Gasteiger partial charge in [-0.2, -0.15) is 0 Å². The molecule has 0 fully saturated rings. The quantitative estimate of drug-likeness (QED) is 0.553. The molecule has 1 N–H and O–H groups in total. The standard InChI is InChI=1S/C19H31NO3S/c1-13(2)6-5-8-20-9-7-14-10-17(22-3)18(23-4)11-15(14)16(20)12-19(21)24/h10-11,13,16,19,21,24H,5-9,12H2,1-4H3. The first kappa shape index (κ1) is 19.4. The van der Waals surface area contributed by atoms with Gasteiger partial charge < -0.3 is 14.6 Å². The second-order valence-electron chi connectivity index (χ2n) is 6.96. The van der Waals surface area contributed by atoms with Crippen LogP contribution >= 0.6 is 12.6 Å². The van der Waals surface area contributed by atoms with E-state index in [0.717, 1.165) is 36.9 Å². The Kier molecular flexibility index (Phi) is 7.26. The van der Waals surface area contributed by atoms with Gasteiger partial charge in [0.2, 0.25) is 0 Å². The predicted molar refractivity (Wildman–Crippen MR) is 101 cm³/mol. The predicted octanol–water partition coefficient (Wildman–Crippen LogP) is 3.68. The Morgan fingerprint density at radius 3 is 2.50 bits per heavy atom. The van der Waals surface area contributed by atoms with Gasteiger partial charge in [-0.1, -0.05) is 13.8 Å². The fourth-order valence-corrected chi connectivity index (χ4v) is 3.73. The minimum Gasteiger partial charge on any atom is -0.493 e.